The van der Waals surface area contributed by atoms with Crippen LogP contribution in [0.2, 0.25) is 0 Å². The molecule has 3 aliphatic rings. The average Bonchev–Trinajstić information content (AvgIpc) is 3.09. The van der Waals surface area contributed by atoms with Gasteiger partial charge in [-0.3, -0.25) is 9.69 Å². The number of morpholine rings is 1. The highest BCUT2D eigenvalue weighted by Crippen LogP contribution is 2.35. The van der Waals surface area contributed by atoms with E-state index in [-0.39, 0.29) is 17.3 Å². The van der Waals surface area contributed by atoms with E-state index in [1.165, 1.54) is 9.87 Å². The number of rotatable bonds is 5. The molecule has 0 aromatic heterocycles. The molecule has 0 radical (unpaired) electrons. The van der Waals surface area contributed by atoms with Crippen LogP contribution in [-0.4, -0.2) is 76.1 Å². The molecule has 0 aliphatic carbocycles. The molecule has 35 heavy (non-hydrogen) atoms. The number of nitrogens with one attached hydrogen (secondary N) is 1. The van der Waals surface area contributed by atoms with Gasteiger partial charge in [-0.15, -0.1) is 0 Å². The zero-order valence-electron chi connectivity index (χ0n) is 19.9. The second kappa shape index (κ2) is 10.1. The van der Waals surface area contributed by atoms with Crippen molar-refractivity contribution in [1.82, 2.24) is 9.21 Å². The molecular formula is C25H31N3O6S. The predicted molar refractivity (Wildman–Crippen MR) is 130 cm³/mol. The maximum Gasteiger partial charge on any atom is 0.243 e. The van der Waals surface area contributed by atoms with Gasteiger partial charge in [0.05, 0.1) is 37.9 Å². The second-order valence-electron chi connectivity index (χ2n) is 9.12. The molecule has 0 bridgehead atoms. The van der Waals surface area contributed by atoms with E-state index in [1.807, 2.05) is 6.07 Å². The maximum absolute atomic E-state index is 13.1. The fourth-order valence-electron chi connectivity index (χ4n) is 4.69. The first-order valence-electron chi connectivity index (χ1n) is 12.0. The first kappa shape index (κ1) is 24.1. The Bertz CT molecular complexity index is 1210. The van der Waals surface area contributed by atoms with Crippen molar-refractivity contribution in [3.05, 3.63) is 47.0 Å². The van der Waals surface area contributed by atoms with Crippen LogP contribution in [0.5, 0.6) is 11.5 Å². The van der Waals surface area contributed by atoms with Crippen LogP contribution in [0.4, 0.5) is 5.69 Å². The molecule has 2 aromatic carbocycles. The summed E-state index contributed by atoms with van der Waals surface area (Å²) in [5, 5.41) is 2.88. The summed E-state index contributed by atoms with van der Waals surface area (Å²) in [7, 11) is -3.65. The fourth-order valence-corrected chi connectivity index (χ4v) is 6.35. The first-order chi connectivity index (χ1) is 16.9. The van der Waals surface area contributed by atoms with E-state index in [0.717, 1.165) is 36.4 Å². The number of hydrogen-bond acceptors (Lipinski definition) is 7. The molecule has 0 spiro atoms. The molecule has 1 fully saturated rings. The van der Waals surface area contributed by atoms with Gasteiger partial charge in [-0.1, -0.05) is 6.07 Å². The standard InChI is InChI=1S/C25H31N3O6S/c1-18-3-4-21(15-24(18)35(30,31)28-7-11-32-12-8-28)26-25(29)17-27-6-5-19-13-22-23(14-20(19)16-27)34-10-2-9-33-22/h3-4,13-15H,2,5-12,16-17H2,1H3,(H,26,29). The number of ether oxygens (including phenoxy) is 3. The molecule has 2 aromatic rings. The van der Waals surface area contributed by atoms with Crippen LogP contribution in [0.3, 0.4) is 0 Å². The molecule has 1 amide bonds. The fraction of sp³-hybridized carbons (Fsp3) is 0.480. The van der Waals surface area contributed by atoms with Gasteiger partial charge in [0.15, 0.2) is 11.5 Å². The SMILES string of the molecule is Cc1ccc(NC(=O)CN2CCc3cc4c(cc3C2)OCCCO4)cc1S(=O)(=O)N1CCOCC1. The molecule has 3 heterocycles. The molecule has 5 rings (SSSR count). The van der Waals surface area contributed by atoms with E-state index in [4.69, 9.17) is 14.2 Å². The summed E-state index contributed by atoms with van der Waals surface area (Å²) < 4.78 is 44.6. The monoisotopic (exact) mass is 501 g/mol. The molecule has 9 nitrogen and oxygen atoms in total. The Morgan fingerprint density at radius 2 is 1.69 bits per heavy atom. The van der Waals surface area contributed by atoms with Crippen LogP contribution < -0.4 is 14.8 Å². The van der Waals surface area contributed by atoms with E-state index < -0.39 is 10.0 Å². The van der Waals surface area contributed by atoms with Crippen molar-refractivity contribution in [2.24, 2.45) is 0 Å². The van der Waals surface area contributed by atoms with Gasteiger partial charge in [-0.25, -0.2) is 8.42 Å². The van der Waals surface area contributed by atoms with Gasteiger partial charge in [-0.2, -0.15) is 4.31 Å². The number of anilines is 1. The third-order valence-electron chi connectivity index (χ3n) is 6.59. The normalized spacial score (nSPS) is 19.0. The van der Waals surface area contributed by atoms with Crippen molar-refractivity contribution in [2.45, 2.75) is 31.2 Å². The molecule has 188 valence electrons. The maximum atomic E-state index is 13.1. The molecule has 0 unspecified atom stereocenters. The highest BCUT2D eigenvalue weighted by molar-refractivity contribution is 7.89. The van der Waals surface area contributed by atoms with Crippen LogP contribution in [0.25, 0.3) is 0 Å². The predicted octanol–water partition coefficient (Wildman–Crippen LogP) is 2.17. The number of fused-ring (bicyclic) bond motifs is 2. The Balaban J connectivity index is 1.25. The summed E-state index contributed by atoms with van der Waals surface area (Å²) in [4.78, 5) is 15.1. The van der Waals surface area contributed by atoms with E-state index in [0.29, 0.717) is 57.3 Å². The molecule has 3 aliphatic heterocycles. The van der Waals surface area contributed by atoms with Crippen molar-refractivity contribution < 1.29 is 27.4 Å². The smallest absolute Gasteiger partial charge is 0.243 e. The van der Waals surface area contributed by atoms with Crippen LogP contribution in [-0.2, 0) is 32.5 Å². The Kier molecular flexibility index (Phi) is 6.97. The number of nitrogens with zero attached hydrogens (tertiary/aromatic N) is 2. The van der Waals surface area contributed by atoms with Crippen LogP contribution >= 0.6 is 0 Å². The Morgan fingerprint density at radius 3 is 2.43 bits per heavy atom. The zero-order valence-corrected chi connectivity index (χ0v) is 20.7. The Hall–Kier alpha value is -2.66. The van der Waals surface area contributed by atoms with E-state index in [2.05, 4.69) is 16.3 Å². The summed E-state index contributed by atoms with van der Waals surface area (Å²) in [5.41, 5.74) is 3.48. The summed E-state index contributed by atoms with van der Waals surface area (Å²) in [6.07, 6.45) is 1.69. The third kappa shape index (κ3) is 5.30. The Labute approximate surface area is 206 Å². The average molecular weight is 502 g/mol. The summed E-state index contributed by atoms with van der Waals surface area (Å²) in [6.45, 7) is 6.10. The van der Waals surface area contributed by atoms with Gasteiger partial charge in [-0.05, 0) is 54.3 Å². The van der Waals surface area contributed by atoms with Gasteiger partial charge >= 0.3 is 0 Å². The van der Waals surface area contributed by atoms with Gasteiger partial charge in [0.2, 0.25) is 15.9 Å². The lowest BCUT2D eigenvalue weighted by Crippen LogP contribution is -2.40. The van der Waals surface area contributed by atoms with Gasteiger partial charge in [0, 0.05) is 38.3 Å². The highest BCUT2D eigenvalue weighted by atomic mass is 32.2. The van der Waals surface area contributed by atoms with Gasteiger partial charge in [0.25, 0.3) is 0 Å². The van der Waals surface area contributed by atoms with Crippen molar-refractivity contribution in [1.29, 1.82) is 0 Å². The minimum absolute atomic E-state index is 0.179. The van der Waals surface area contributed by atoms with Crippen molar-refractivity contribution >= 4 is 21.6 Å². The summed E-state index contributed by atoms with van der Waals surface area (Å²) in [5.74, 6) is 1.39. The van der Waals surface area contributed by atoms with E-state index in [1.54, 1.807) is 25.1 Å². The largest absolute Gasteiger partial charge is 0.490 e. The van der Waals surface area contributed by atoms with Crippen molar-refractivity contribution in [2.75, 3.05) is 57.9 Å². The topological polar surface area (TPSA) is 97.4 Å². The number of sulfonamides is 1. The Morgan fingerprint density at radius 1 is 0.971 bits per heavy atom. The minimum Gasteiger partial charge on any atom is -0.490 e. The lowest BCUT2D eigenvalue weighted by Gasteiger charge is -2.29. The lowest BCUT2D eigenvalue weighted by atomic mass is 9.99. The van der Waals surface area contributed by atoms with E-state index in [9.17, 15) is 13.2 Å². The lowest BCUT2D eigenvalue weighted by molar-refractivity contribution is -0.117. The number of hydrogen-bond donors (Lipinski definition) is 1. The number of amides is 1. The molecule has 1 N–H and O–H groups in total. The molecule has 10 heteroatoms. The molecule has 0 atom stereocenters. The zero-order chi connectivity index (χ0) is 24.4. The van der Waals surface area contributed by atoms with E-state index >= 15 is 0 Å². The quantitative estimate of drug-likeness (QED) is 0.671. The molecule has 1 saturated heterocycles. The van der Waals surface area contributed by atoms with Crippen molar-refractivity contribution in [3.63, 3.8) is 0 Å². The number of benzene rings is 2. The summed E-state index contributed by atoms with van der Waals surface area (Å²) in [6, 6.07) is 9.12. The number of aryl methyl sites for hydroxylation is 1. The molecular weight excluding hydrogens is 470 g/mol. The van der Waals surface area contributed by atoms with Crippen LogP contribution in [0.15, 0.2) is 35.2 Å². The summed E-state index contributed by atoms with van der Waals surface area (Å²) >= 11 is 0. The second-order valence-corrected chi connectivity index (χ2v) is 11.0. The molecule has 0 saturated carbocycles. The van der Waals surface area contributed by atoms with Crippen LogP contribution in [0.1, 0.15) is 23.1 Å². The third-order valence-corrected chi connectivity index (χ3v) is 8.63. The number of carbonyl (C=O) groups is 1. The number of carbonyl (C=O) groups excluding carboxylic acids is 1. The van der Waals surface area contributed by atoms with Gasteiger partial charge < -0.3 is 19.5 Å². The van der Waals surface area contributed by atoms with Crippen molar-refractivity contribution in [3.8, 4) is 11.5 Å². The minimum atomic E-state index is -3.65. The van der Waals surface area contributed by atoms with Gasteiger partial charge in [0.1, 0.15) is 0 Å². The first-order valence-corrected chi connectivity index (χ1v) is 13.5. The highest BCUT2D eigenvalue weighted by Gasteiger charge is 2.28. The van der Waals surface area contributed by atoms with Crippen LogP contribution in [0, 0.1) is 6.92 Å².